The van der Waals surface area contributed by atoms with E-state index in [0.29, 0.717) is 0 Å². The Balaban J connectivity index is 2.11. The van der Waals surface area contributed by atoms with Crippen LogP contribution in [0.25, 0.3) is 5.57 Å². The lowest BCUT2D eigenvalue weighted by atomic mass is 9.97. The Bertz CT molecular complexity index is 415. The van der Waals surface area contributed by atoms with E-state index < -0.39 is 0 Å². The van der Waals surface area contributed by atoms with Gasteiger partial charge in [0.05, 0.1) is 12.8 Å². The Morgan fingerprint density at radius 2 is 2.39 bits per heavy atom. The molecule has 2 rings (SSSR count). The Morgan fingerprint density at radius 1 is 1.50 bits per heavy atom. The standard InChI is InChI=1S/C15H22N2O/c1-18-14-8-10-17-15(11-14)13-4-2-3-12(5-6-13)7-9-16/h6,8,10-12H,2-5,7,9,16H2,1H3. The molecular formula is C15H22N2O. The smallest absolute Gasteiger partial charge is 0.122 e. The van der Waals surface area contributed by atoms with Gasteiger partial charge in [-0.05, 0) is 56.2 Å². The Morgan fingerprint density at radius 3 is 3.17 bits per heavy atom. The van der Waals surface area contributed by atoms with Gasteiger partial charge in [0.25, 0.3) is 0 Å². The zero-order chi connectivity index (χ0) is 12.8. The van der Waals surface area contributed by atoms with Gasteiger partial charge in [-0.2, -0.15) is 0 Å². The predicted molar refractivity (Wildman–Crippen MR) is 74.4 cm³/mol. The van der Waals surface area contributed by atoms with Gasteiger partial charge in [-0.25, -0.2) is 0 Å². The molecule has 0 radical (unpaired) electrons. The average Bonchev–Trinajstić information content (AvgIpc) is 2.65. The third-order valence-electron chi connectivity index (χ3n) is 3.63. The van der Waals surface area contributed by atoms with Crippen LogP contribution in [0.4, 0.5) is 0 Å². The van der Waals surface area contributed by atoms with Gasteiger partial charge in [0, 0.05) is 12.3 Å². The quantitative estimate of drug-likeness (QED) is 0.888. The molecule has 1 unspecified atom stereocenters. The van der Waals surface area contributed by atoms with Crippen LogP contribution >= 0.6 is 0 Å². The summed E-state index contributed by atoms with van der Waals surface area (Å²) >= 11 is 0. The lowest BCUT2D eigenvalue weighted by Gasteiger charge is -2.10. The van der Waals surface area contributed by atoms with Crippen molar-refractivity contribution in [3.8, 4) is 5.75 Å². The second-order valence-corrected chi connectivity index (χ2v) is 4.88. The van der Waals surface area contributed by atoms with Crippen LogP contribution in [-0.4, -0.2) is 18.6 Å². The maximum Gasteiger partial charge on any atom is 0.122 e. The first-order valence-corrected chi connectivity index (χ1v) is 6.73. The first kappa shape index (κ1) is 13.1. The second kappa shape index (κ2) is 6.55. The fourth-order valence-corrected chi connectivity index (χ4v) is 2.55. The van der Waals surface area contributed by atoms with Crippen LogP contribution < -0.4 is 10.5 Å². The Kier molecular flexibility index (Phi) is 4.76. The average molecular weight is 246 g/mol. The number of rotatable bonds is 4. The van der Waals surface area contributed by atoms with Gasteiger partial charge < -0.3 is 10.5 Å². The van der Waals surface area contributed by atoms with Crippen molar-refractivity contribution in [2.75, 3.05) is 13.7 Å². The molecular weight excluding hydrogens is 224 g/mol. The largest absolute Gasteiger partial charge is 0.497 e. The number of hydrogen-bond acceptors (Lipinski definition) is 3. The molecule has 1 aromatic heterocycles. The fourth-order valence-electron chi connectivity index (χ4n) is 2.55. The van der Waals surface area contributed by atoms with E-state index in [1.807, 2.05) is 18.3 Å². The topological polar surface area (TPSA) is 48.1 Å². The molecule has 0 fully saturated rings. The molecule has 0 saturated carbocycles. The van der Waals surface area contributed by atoms with Gasteiger partial charge >= 0.3 is 0 Å². The van der Waals surface area contributed by atoms with E-state index in [1.54, 1.807) is 7.11 Å². The number of hydrogen-bond donors (Lipinski definition) is 1. The van der Waals surface area contributed by atoms with Crippen LogP contribution in [-0.2, 0) is 0 Å². The summed E-state index contributed by atoms with van der Waals surface area (Å²) in [6.07, 6.45) is 10.0. The number of pyridine rings is 1. The maximum atomic E-state index is 5.64. The van der Waals surface area contributed by atoms with Gasteiger partial charge in [-0.1, -0.05) is 6.08 Å². The van der Waals surface area contributed by atoms with Crippen LogP contribution in [0, 0.1) is 5.92 Å². The van der Waals surface area contributed by atoms with Crippen LogP contribution in [0.2, 0.25) is 0 Å². The lowest BCUT2D eigenvalue weighted by molar-refractivity contribution is 0.414. The highest BCUT2D eigenvalue weighted by Gasteiger charge is 2.13. The maximum absolute atomic E-state index is 5.64. The Labute approximate surface area is 109 Å². The summed E-state index contributed by atoms with van der Waals surface area (Å²) in [5, 5.41) is 0. The second-order valence-electron chi connectivity index (χ2n) is 4.88. The van der Waals surface area contributed by atoms with Crippen molar-refractivity contribution in [2.24, 2.45) is 11.7 Å². The summed E-state index contributed by atoms with van der Waals surface area (Å²) in [6.45, 7) is 0.797. The summed E-state index contributed by atoms with van der Waals surface area (Å²) in [4.78, 5) is 4.45. The summed E-state index contributed by atoms with van der Waals surface area (Å²) < 4.78 is 5.25. The van der Waals surface area contributed by atoms with Crippen molar-refractivity contribution in [2.45, 2.75) is 32.1 Å². The monoisotopic (exact) mass is 246 g/mol. The number of allylic oxidation sites excluding steroid dienone is 2. The molecule has 1 atom stereocenters. The van der Waals surface area contributed by atoms with E-state index in [1.165, 1.54) is 18.4 Å². The predicted octanol–water partition coefficient (Wildman–Crippen LogP) is 3.01. The first-order valence-electron chi connectivity index (χ1n) is 6.73. The molecule has 3 heteroatoms. The minimum Gasteiger partial charge on any atom is -0.497 e. The van der Waals surface area contributed by atoms with Crippen molar-refractivity contribution < 1.29 is 4.74 Å². The van der Waals surface area contributed by atoms with Crippen molar-refractivity contribution in [3.05, 3.63) is 30.1 Å². The third-order valence-corrected chi connectivity index (χ3v) is 3.63. The zero-order valence-electron chi connectivity index (χ0n) is 11.1. The molecule has 98 valence electrons. The molecule has 0 saturated heterocycles. The van der Waals surface area contributed by atoms with Crippen molar-refractivity contribution >= 4 is 5.57 Å². The van der Waals surface area contributed by atoms with Crippen molar-refractivity contribution in [3.63, 3.8) is 0 Å². The number of aromatic nitrogens is 1. The van der Waals surface area contributed by atoms with Gasteiger partial charge in [0.1, 0.15) is 5.75 Å². The molecule has 1 heterocycles. The van der Waals surface area contributed by atoms with Crippen LogP contribution in [0.3, 0.4) is 0 Å². The molecule has 0 aromatic carbocycles. The highest BCUT2D eigenvalue weighted by atomic mass is 16.5. The van der Waals surface area contributed by atoms with Gasteiger partial charge in [-0.15, -0.1) is 0 Å². The molecule has 0 spiro atoms. The van der Waals surface area contributed by atoms with E-state index in [4.69, 9.17) is 10.5 Å². The van der Waals surface area contributed by atoms with Crippen molar-refractivity contribution in [1.29, 1.82) is 0 Å². The molecule has 2 N–H and O–H groups in total. The zero-order valence-corrected chi connectivity index (χ0v) is 11.1. The van der Waals surface area contributed by atoms with E-state index in [0.717, 1.165) is 43.2 Å². The molecule has 0 aliphatic heterocycles. The summed E-state index contributed by atoms with van der Waals surface area (Å²) in [5.41, 5.74) is 8.06. The van der Waals surface area contributed by atoms with E-state index >= 15 is 0 Å². The van der Waals surface area contributed by atoms with Crippen LogP contribution in [0.1, 0.15) is 37.8 Å². The Hall–Kier alpha value is -1.35. The number of nitrogens with zero attached hydrogens (tertiary/aromatic N) is 1. The van der Waals surface area contributed by atoms with Crippen molar-refractivity contribution in [1.82, 2.24) is 4.98 Å². The molecule has 0 amide bonds. The highest BCUT2D eigenvalue weighted by molar-refractivity contribution is 5.63. The fraction of sp³-hybridized carbons (Fsp3) is 0.533. The molecule has 0 bridgehead atoms. The van der Waals surface area contributed by atoms with Crippen LogP contribution in [0.5, 0.6) is 5.75 Å². The van der Waals surface area contributed by atoms with Gasteiger partial charge in [0.15, 0.2) is 0 Å². The van der Waals surface area contributed by atoms with E-state index in [-0.39, 0.29) is 0 Å². The van der Waals surface area contributed by atoms with Gasteiger partial charge in [0.2, 0.25) is 0 Å². The number of methoxy groups -OCH3 is 1. The van der Waals surface area contributed by atoms with Crippen LogP contribution in [0.15, 0.2) is 24.4 Å². The van der Waals surface area contributed by atoms with E-state index in [9.17, 15) is 0 Å². The first-order chi connectivity index (χ1) is 8.83. The SMILES string of the molecule is COc1ccnc(C2=CCC(CCN)CCC2)c1. The summed E-state index contributed by atoms with van der Waals surface area (Å²) in [7, 11) is 1.69. The number of ether oxygens (including phenoxy) is 1. The normalized spacial score (nSPS) is 20.1. The minimum absolute atomic E-state index is 0.748. The number of nitrogens with two attached hydrogens (primary N) is 1. The minimum atomic E-state index is 0.748. The lowest BCUT2D eigenvalue weighted by Crippen LogP contribution is -2.07. The third kappa shape index (κ3) is 3.33. The highest BCUT2D eigenvalue weighted by Crippen LogP contribution is 2.30. The molecule has 1 aliphatic carbocycles. The molecule has 1 aromatic rings. The van der Waals surface area contributed by atoms with E-state index in [2.05, 4.69) is 11.1 Å². The molecule has 1 aliphatic rings. The molecule has 18 heavy (non-hydrogen) atoms. The molecule has 3 nitrogen and oxygen atoms in total. The summed E-state index contributed by atoms with van der Waals surface area (Å²) in [5.74, 6) is 1.63. The summed E-state index contributed by atoms with van der Waals surface area (Å²) in [6, 6.07) is 3.91. The van der Waals surface area contributed by atoms with Gasteiger partial charge in [-0.3, -0.25) is 4.98 Å².